The largest absolute Gasteiger partial charge is 0.376 e. The monoisotopic (exact) mass is 432 g/mol. The summed E-state index contributed by atoms with van der Waals surface area (Å²) in [6, 6.07) is 17.4. The Morgan fingerprint density at radius 3 is 2.47 bits per heavy atom. The molecule has 0 saturated heterocycles. The summed E-state index contributed by atoms with van der Waals surface area (Å²) in [6.45, 7) is 7.16. The molecule has 0 aromatic heterocycles. The number of para-hydroxylation sites is 1. The molecule has 0 spiro atoms. The first-order chi connectivity index (χ1) is 14.4. The smallest absolute Gasteiger partial charge is 0.229 e. The van der Waals surface area contributed by atoms with Gasteiger partial charge >= 0.3 is 0 Å². The van der Waals surface area contributed by atoms with E-state index in [1.165, 1.54) is 0 Å². The molecule has 0 aliphatic carbocycles. The lowest BCUT2D eigenvalue weighted by Crippen LogP contribution is -2.40. The molecule has 7 nitrogen and oxygen atoms in total. The van der Waals surface area contributed by atoms with Crippen molar-refractivity contribution in [2.75, 3.05) is 30.7 Å². The van der Waals surface area contributed by atoms with Crippen LogP contribution in [-0.4, -0.2) is 40.3 Å². The van der Waals surface area contributed by atoms with Crippen LogP contribution >= 0.6 is 0 Å². The highest BCUT2D eigenvalue weighted by Gasteiger charge is 2.08. The first kappa shape index (κ1) is 23.7. The number of rotatable bonds is 11. The summed E-state index contributed by atoms with van der Waals surface area (Å²) in [5.74, 6) is 0.985. The number of hydrogen-bond donors (Lipinski definition) is 3. The minimum atomic E-state index is -3.34. The van der Waals surface area contributed by atoms with Crippen molar-refractivity contribution in [2.45, 2.75) is 27.0 Å². The molecule has 0 fully saturated rings. The molecule has 0 heterocycles. The maximum absolute atomic E-state index is 11.6. The lowest BCUT2D eigenvalue weighted by Gasteiger charge is -2.16. The highest BCUT2D eigenvalue weighted by molar-refractivity contribution is 7.92. The van der Waals surface area contributed by atoms with Gasteiger partial charge in [0.25, 0.3) is 0 Å². The second kappa shape index (κ2) is 12.2. The van der Waals surface area contributed by atoms with Crippen LogP contribution in [0.15, 0.2) is 59.6 Å². The van der Waals surface area contributed by atoms with Gasteiger partial charge in [-0.3, -0.25) is 4.72 Å². The molecule has 0 amide bonds. The van der Waals surface area contributed by atoms with Crippen LogP contribution < -0.4 is 15.4 Å². The van der Waals surface area contributed by atoms with E-state index in [1.807, 2.05) is 37.3 Å². The zero-order valence-electron chi connectivity index (χ0n) is 17.9. The number of ether oxygens (including phenoxy) is 1. The molecule has 30 heavy (non-hydrogen) atoms. The number of sulfonamides is 1. The lowest BCUT2D eigenvalue weighted by molar-refractivity contribution is 0.0931. The predicted molar refractivity (Wildman–Crippen MR) is 123 cm³/mol. The van der Waals surface area contributed by atoms with Crippen LogP contribution in [0.3, 0.4) is 0 Å². The van der Waals surface area contributed by atoms with E-state index >= 15 is 0 Å². The number of anilines is 1. The molecular weight excluding hydrogens is 400 g/mol. The van der Waals surface area contributed by atoms with Crippen LogP contribution in [0.2, 0.25) is 0 Å². The van der Waals surface area contributed by atoms with Gasteiger partial charge in [0, 0.05) is 13.1 Å². The molecule has 0 aliphatic heterocycles. The average Bonchev–Trinajstić information content (AvgIpc) is 2.71. The van der Waals surface area contributed by atoms with Crippen molar-refractivity contribution in [2.24, 2.45) is 10.9 Å². The Labute approximate surface area is 180 Å². The molecule has 164 valence electrons. The second-order valence-corrected chi connectivity index (χ2v) is 8.96. The van der Waals surface area contributed by atoms with Crippen LogP contribution in [0.5, 0.6) is 0 Å². The van der Waals surface area contributed by atoms with Crippen molar-refractivity contribution in [3.05, 3.63) is 65.7 Å². The van der Waals surface area contributed by atoms with E-state index in [9.17, 15) is 8.42 Å². The van der Waals surface area contributed by atoms with Crippen molar-refractivity contribution in [3.63, 3.8) is 0 Å². The van der Waals surface area contributed by atoms with E-state index in [1.54, 1.807) is 12.1 Å². The van der Waals surface area contributed by atoms with Gasteiger partial charge in [0.15, 0.2) is 5.96 Å². The van der Waals surface area contributed by atoms with E-state index in [2.05, 4.69) is 39.4 Å². The van der Waals surface area contributed by atoms with Crippen molar-refractivity contribution >= 4 is 21.7 Å². The number of hydrogen-bond acceptors (Lipinski definition) is 4. The number of benzene rings is 2. The van der Waals surface area contributed by atoms with E-state index in [4.69, 9.17) is 4.74 Å². The van der Waals surface area contributed by atoms with E-state index in [0.29, 0.717) is 43.9 Å². The third kappa shape index (κ3) is 9.28. The van der Waals surface area contributed by atoms with E-state index in [-0.39, 0.29) is 0 Å². The third-order valence-corrected chi connectivity index (χ3v) is 4.79. The predicted octanol–water partition coefficient (Wildman–Crippen LogP) is 2.97. The van der Waals surface area contributed by atoms with Crippen LogP contribution in [0.25, 0.3) is 0 Å². The van der Waals surface area contributed by atoms with Crippen LogP contribution in [0.1, 0.15) is 25.0 Å². The van der Waals surface area contributed by atoms with Gasteiger partial charge in [-0.05, 0) is 30.0 Å². The summed E-state index contributed by atoms with van der Waals surface area (Å²) in [6.07, 6.45) is 1.14. The Morgan fingerprint density at radius 1 is 1.07 bits per heavy atom. The molecule has 2 rings (SSSR count). The molecule has 1 atom stereocenters. The van der Waals surface area contributed by atoms with Crippen molar-refractivity contribution < 1.29 is 13.2 Å². The fourth-order valence-electron chi connectivity index (χ4n) is 2.75. The zero-order valence-corrected chi connectivity index (χ0v) is 18.7. The van der Waals surface area contributed by atoms with E-state index < -0.39 is 10.0 Å². The SMILES string of the molecule is CCNC(=NCc1ccccc1NS(C)(=O)=O)NCC(C)COCc1ccccc1. The summed E-state index contributed by atoms with van der Waals surface area (Å²) in [5.41, 5.74) is 2.51. The Bertz CT molecular complexity index is 902. The standard InChI is InChI=1S/C22H32N4O3S/c1-4-23-22(24-14-18(2)16-29-17-19-10-6-5-7-11-19)25-15-20-12-8-9-13-21(20)26-30(3,27)28/h5-13,18,26H,4,14-17H2,1-3H3,(H2,23,24,25). The summed E-state index contributed by atoms with van der Waals surface area (Å²) in [4.78, 5) is 4.59. The first-order valence-electron chi connectivity index (χ1n) is 10.1. The van der Waals surface area contributed by atoms with Crippen molar-refractivity contribution in [3.8, 4) is 0 Å². The fourth-order valence-corrected chi connectivity index (χ4v) is 3.34. The topological polar surface area (TPSA) is 91.8 Å². The molecule has 0 aliphatic rings. The molecule has 2 aromatic carbocycles. The highest BCUT2D eigenvalue weighted by Crippen LogP contribution is 2.17. The molecule has 0 saturated carbocycles. The summed E-state index contributed by atoms with van der Waals surface area (Å²) in [5, 5.41) is 6.54. The minimum Gasteiger partial charge on any atom is -0.376 e. The van der Waals surface area contributed by atoms with Crippen LogP contribution in [0.4, 0.5) is 5.69 Å². The Balaban J connectivity index is 1.87. The van der Waals surface area contributed by atoms with E-state index in [0.717, 1.165) is 23.9 Å². The highest BCUT2D eigenvalue weighted by atomic mass is 32.2. The van der Waals surface area contributed by atoms with Gasteiger partial charge in [0.2, 0.25) is 10.0 Å². The number of aliphatic imine (C=N–C) groups is 1. The molecule has 8 heteroatoms. The Hall–Kier alpha value is -2.58. The quantitative estimate of drug-likeness (QED) is 0.375. The molecule has 0 radical (unpaired) electrons. The molecule has 1 unspecified atom stereocenters. The average molecular weight is 433 g/mol. The third-order valence-electron chi connectivity index (χ3n) is 4.20. The summed E-state index contributed by atoms with van der Waals surface area (Å²) >= 11 is 0. The molecular formula is C22H32N4O3S. The maximum Gasteiger partial charge on any atom is 0.229 e. The van der Waals surface area contributed by atoms with Gasteiger partial charge in [-0.1, -0.05) is 55.5 Å². The fraction of sp³-hybridized carbons (Fsp3) is 0.409. The van der Waals surface area contributed by atoms with Crippen LogP contribution in [0, 0.1) is 5.92 Å². The molecule has 0 bridgehead atoms. The van der Waals surface area contributed by atoms with Crippen molar-refractivity contribution in [1.29, 1.82) is 0 Å². The number of nitrogens with one attached hydrogen (secondary N) is 3. The normalized spacial score (nSPS) is 13.0. The van der Waals surface area contributed by atoms with Gasteiger partial charge < -0.3 is 15.4 Å². The zero-order chi connectivity index (χ0) is 21.8. The Morgan fingerprint density at radius 2 is 1.77 bits per heavy atom. The number of guanidine groups is 1. The molecule has 2 aromatic rings. The van der Waals surface area contributed by atoms with Gasteiger partial charge in [-0.25, -0.2) is 13.4 Å². The van der Waals surface area contributed by atoms with Crippen molar-refractivity contribution in [1.82, 2.24) is 10.6 Å². The first-order valence-corrected chi connectivity index (χ1v) is 12.0. The van der Waals surface area contributed by atoms with Gasteiger partial charge in [0.05, 0.1) is 31.7 Å². The molecule has 3 N–H and O–H groups in total. The van der Waals surface area contributed by atoms with Gasteiger partial charge in [0.1, 0.15) is 0 Å². The Kier molecular flexibility index (Phi) is 9.63. The number of nitrogens with zero attached hydrogens (tertiary/aromatic N) is 1. The lowest BCUT2D eigenvalue weighted by atomic mass is 10.2. The maximum atomic E-state index is 11.6. The van der Waals surface area contributed by atoms with Crippen LogP contribution in [-0.2, 0) is 27.9 Å². The van der Waals surface area contributed by atoms with Gasteiger partial charge in [-0.2, -0.15) is 0 Å². The summed E-state index contributed by atoms with van der Waals surface area (Å²) < 4.78 is 31.5. The second-order valence-electron chi connectivity index (χ2n) is 7.21. The summed E-state index contributed by atoms with van der Waals surface area (Å²) in [7, 11) is -3.34. The van der Waals surface area contributed by atoms with Gasteiger partial charge in [-0.15, -0.1) is 0 Å². The minimum absolute atomic E-state index is 0.303.